The molecule has 0 bridgehead atoms. The van der Waals surface area contributed by atoms with Crippen LogP contribution in [0, 0.1) is 17.8 Å². The molecule has 2 aliphatic heterocycles. The molecule has 2 aromatic rings. The monoisotopic (exact) mass is 518 g/mol. The van der Waals surface area contributed by atoms with E-state index in [4.69, 9.17) is 0 Å². The first-order chi connectivity index (χ1) is 17.3. The number of ether oxygens (including phenoxy) is 1. The number of anilines is 1. The zero-order valence-electron chi connectivity index (χ0n) is 20.2. The Morgan fingerprint density at radius 1 is 1.14 bits per heavy atom. The van der Waals surface area contributed by atoms with Crippen LogP contribution in [-0.4, -0.2) is 40.6 Å². The number of fused-ring (bicyclic) bond motifs is 1. The predicted molar refractivity (Wildman–Crippen MR) is 125 cm³/mol. The minimum atomic E-state index is -4.95. The molecule has 0 aromatic heterocycles. The normalized spacial score (nSPS) is 26.2. The minimum Gasteiger partial charge on any atom is -0.480 e. The number of alkyl halides is 3. The van der Waals surface area contributed by atoms with Crippen LogP contribution in [-0.2, 0) is 14.4 Å². The quantitative estimate of drug-likeness (QED) is 0.419. The maximum absolute atomic E-state index is 13.7. The fourth-order valence-corrected chi connectivity index (χ4v) is 5.41. The molecule has 37 heavy (non-hydrogen) atoms. The van der Waals surface area contributed by atoms with Crippen molar-refractivity contribution in [1.29, 1.82) is 0 Å². The second-order valence-electron chi connectivity index (χ2n) is 9.34. The maximum Gasteiger partial charge on any atom is 0.573 e. The zero-order chi connectivity index (χ0) is 27.3. The largest absolute Gasteiger partial charge is 0.573 e. The third-order valence-electron chi connectivity index (χ3n) is 7.32. The lowest BCUT2D eigenvalue weighted by Crippen LogP contribution is -2.59. The summed E-state index contributed by atoms with van der Waals surface area (Å²) in [4.78, 5) is 52.8. The van der Waals surface area contributed by atoms with Gasteiger partial charge in [0.25, 0.3) is 0 Å². The van der Waals surface area contributed by atoms with Crippen molar-refractivity contribution in [3.05, 3.63) is 59.7 Å². The number of hydrogen-bond acceptors (Lipinski definition) is 6. The van der Waals surface area contributed by atoms with Crippen molar-refractivity contribution in [3.8, 4) is 5.75 Å². The standard InChI is InChI=1S/C26H25F3N2O6/c1-4-13(2)25(24(35)36)20-19(21(30-25)16-6-5-7-18(12-16)37-26(27,28)29)22(33)31(23(20)34)17-10-8-15(9-11-17)14(3)32/h5-13,19-21,30H,4H2,1-3H3,(H,35,36). The van der Waals surface area contributed by atoms with E-state index >= 15 is 0 Å². The summed E-state index contributed by atoms with van der Waals surface area (Å²) in [7, 11) is 0. The Hall–Kier alpha value is -3.73. The SMILES string of the molecule is CCC(C)C1(C(=O)O)NC(c2cccc(OC(F)(F)F)c2)C2C(=O)N(c3ccc(C(C)=O)cc3)C(=O)C21. The van der Waals surface area contributed by atoms with E-state index in [0.717, 1.165) is 17.0 Å². The van der Waals surface area contributed by atoms with Gasteiger partial charge in [-0.25, -0.2) is 4.90 Å². The van der Waals surface area contributed by atoms with Crippen molar-refractivity contribution in [2.75, 3.05) is 4.90 Å². The smallest absolute Gasteiger partial charge is 0.480 e. The molecule has 0 aliphatic carbocycles. The van der Waals surface area contributed by atoms with E-state index in [1.165, 1.54) is 43.3 Å². The Labute approximate surface area is 210 Å². The molecule has 2 aliphatic rings. The van der Waals surface area contributed by atoms with Crippen LogP contribution in [0.2, 0.25) is 0 Å². The third kappa shape index (κ3) is 4.37. The van der Waals surface area contributed by atoms with E-state index in [2.05, 4.69) is 10.1 Å². The topological polar surface area (TPSA) is 113 Å². The van der Waals surface area contributed by atoms with Crippen molar-refractivity contribution in [2.24, 2.45) is 17.8 Å². The van der Waals surface area contributed by atoms with Crippen molar-refractivity contribution in [3.63, 3.8) is 0 Å². The van der Waals surface area contributed by atoms with Gasteiger partial charge in [0.2, 0.25) is 11.8 Å². The van der Waals surface area contributed by atoms with Crippen LogP contribution < -0.4 is 15.0 Å². The molecule has 2 heterocycles. The average molecular weight is 518 g/mol. The molecule has 2 aromatic carbocycles. The number of carboxylic acid groups (broad SMARTS) is 1. The summed E-state index contributed by atoms with van der Waals surface area (Å²) in [6.45, 7) is 4.76. The highest BCUT2D eigenvalue weighted by atomic mass is 19.4. The van der Waals surface area contributed by atoms with Gasteiger partial charge >= 0.3 is 12.3 Å². The van der Waals surface area contributed by atoms with Gasteiger partial charge in [-0.3, -0.25) is 24.5 Å². The summed E-state index contributed by atoms with van der Waals surface area (Å²) in [5, 5.41) is 13.4. The maximum atomic E-state index is 13.7. The van der Waals surface area contributed by atoms with Gasteiger partial charge < -0.3 is 9.84 Å². The third-order valence-corrected chi connectivity index (χ3v) is 7.32. The molecule has 2 fully saturated rings. The first kappa shape index (κ1) is 26.3. The van der Waals surface area contributed by atoms with Gasteiger partial charge in [0.15, 0.2) is 5.78 Å². The number of hydrogen-bond donors (Lipinski definition) is 2. The van der Waals surface area contributed by atoms with Gasteiger partial charge in [0, 0.05) is 11.6 Å². The fourth-order valence-electron chi connectivity index (χ4n) is 5.41. The molecular weight excluding hydrogens is 493 g/mol. The van der Waals surface area contributed by atoms with E-state index in [1.54, 1.807) is 13.8 Å². The average Bonchev–Trinajstić information content (AvgIpc) is 3.32. The molecule has 2 saturated heterocycles. The molecule has 0 spiro atoms. The number of carbonyl (C=O) groups is 4. The fraction of sp³-hybridized carbons (Fsp3) is 0.385. The Bertz CT molecular complexity index is 1260. The number of nitrogens with one attached hydrogen (secondary N) is 1. The predicted octanol–water partition coefficient (Wildman–Crippen LogP) is 4.11. The van der Waals surface area contributed by atoms with Gasteiger partial charge in [-0.15, -0.1) is 13.2 Å². The number of ketones is 1. The first-order valence-electron chi connectivity index (χ1n) is 11.7. The molecule has 5 unspecified atom stereocenters. The second kappa shape index (κ2) is 9.29. The van der Waals surface area contributed by atoms with Crippen LogP contribution in [0.15, 0.2) is 48.5 Å². The summed E-state index contributed by atoms with van der Waals surface area (Å²) in [6, 6.07) is 9.62. The van der Waals surface area contributed by atoms with Crippen molar-refractivity contribution < 1.29 is 42.2 Å². The number of benzene rings is 2. The number of imide groups is 1. The summed E-state index contributed by atoms with van der Waals surface area (Å²) in [5.41, 5.74) is -1.14. The van der Waals surface area contributed by atoms with Crippen LogP contribution in [0.3, 0.4) is 0 Å². The van der Waals surface area contributed by atoms with Crippen molar-refractivity contribution in [2.45, 2.75) is 45.1 Å². The Morgan fingerprint density at radius 3 is 2.32 bits per heavy atom. The number of halogens is 3. The number of amides is 2. The Balaban J connectivity index is 1.84. The van der Waals surface area contributed by atoms with Gasteiger partial charge in [0.1, 0.15) is 11.3 Å². The van der Waals surface area contributed by atoms with Gasteiger partial charge in [-0.2, -0.15) is 0 Å². The Kier molecular flexibility index (Phi) is 6.61. The molecule has 2 N–H and O–H groups in total. The van der Waals surface area contributed by atoms with Crippen LogP contribution in [0.5, 0.6) is 5.75 Å². The van der Waals surface area contributed by atoms with Gasteiger partial charge in [-0.1, -0.05) is 32.4 Å². The molecule has 196 valence electrons. The number of rotatable bonds is 7. The van der Waals surface area contributed by atoms with E-state index in [1.807, 2.05) is 0 Å². The molecule has 4 rings (SSSR count). The summed E-state index contributed by atoms with van der Waals surface area (Å²) in [6.07, 6.45) is -4.60. The molecule has 8 nitrogen and oxygen atoms in total. The van der Waals surface area contributed by atoms with Crippen molar-refractivity contribution in [1.82, 2.24) is 5.32 Å². The summed E-state index contributed by atoms with van der Waals surface area (Å²) in [5.74, 6) is -6.64. The molecule has 2 amide bonds. The van der Waals surface area contributed by atoms with Crippen LogP contribution in [0.25, 0.3) is 0 Å². The Morgan fingerprint density at radius 2 is 1.78 bits per heavy atom. The lowest BCUT2D eigenvalue weighted by molar-refractivity contribution is -0.274. The molecule has 0 saturated carbocycles. The first-order valence-corrected chi connectivity index (χ1v) is 11.7. The van der Waals surface area contributed by atoms with E-state index in [9.17, 15) is 37.5 Å². The molecule has 0 radical (unpaired) electrons. The van der Waals surface area contributed by atoms with Crippen molar-refractivity contribution >= 4 is 29.3 Å². The van der Waals surface area contributed by atoms with E-state index in [0.29, 0.717) is 12.0 Å². The highest BCUT2D eigenvalue weighted by molar-refractivity contribution is 6.24. The summed E-state index contributed by atoms with van der Waals surface area (Å²) >= 11 is 0. The highest BCUT2D eigenvalue weighted by Gasteiger charge is 2.70. The van der Waals surface area contributed by atoms with Crippen LogP contribution >= 0.6 is 0 Å². The second-order valence-corrected chi connectivity index (χ2v) is 9.34. The number of nitrogens with zero attached hydrogens (tertiary/aromatic N) is 1. The molecule has 11 heteroatoms. The van der Waals surface area contributed by atoms with Crippen LogP contribution in [0.4, 0.5) is 18.9 Å². The highest BCUT2D eigenvalue weighted by Crippen LogP contribution is 2.53. The van der Waals surface area contributed by atoms with E-state index < -0.39 is 59.2 Å². The molecular formula is C26H25F3N2O6. The minimum absolute atomic E-state index is 0.172. The van der Waals surface area contributed by atoms with E-state index in [-0.39, 0.29) is 17.0 Å². The number of carboxylic acids is 1. The number of Topliss-reactive ketones (excluding diaryl/α,β-unsaturated/α-hetero) is 1. The lowest BCUT2D eigenvalue weighted by Gasteiger charge is -2.36. The van der Waals surface area contributed by atoms with Crippen LogP contribution in [0.1, 0.15) is 49.2 Å². The number of aliphatic carboxylic acids is 1. The van der Waals surface area contributed by atoms with Gasteiger partial charge in [-0.05, 0) is 54.8 Å². The zero-order valence-corrected chi connectivity index (χ0v) is 20.2. The van der Waals surface area contributed by atoms with Gasteiger partial charge in [0.05, 0.1) is 17.5 Å². The summed E-state index contributed by atoms with van der Waals surface area (Å²) < 4.78 is 42.5. The molecule has 5 atom stereocenters. The lowest BCUT2D eigenvalue weighted by atomic mass is 9.72. The number of carbonyl (C=O) groups excluding carboxylic acids is 3.